The van der Waals surface area contributed by atoms with Gasteiger partial charge in [0, 0.05) is 31.3 Å². The van der Waals surface area contributed by atoms with Crippen LogP contribution in [-0.4, -0.2) is 48.9 Å². The van der Waals surface area contributed by atoms with Crippen LogP contribution in [-0.2, 0) is 29.0 Å². The Labute approximate surface area is 224 Å². The van der Waals surface area contributed by atoms with Crippen molar-refractivity contribution in [3.05, 3.63) is 88.5 Å². The quantitative estimate of drug-likeness (QED) is 0.376. The molecule has 2 aliphatic rings. The molecule has 1 saturated heterocycles. The number of anilines is 1. The van der Waals surface area contributed by atoms with Gasteiger partial charge in [0.25, 0.3) is 5.91 Å². The van der Waals surface area contributed by atoms with Gasteiger partial charge in [-0.2, -0.15) is 0 Å². The van der Waals surface area contributed by atoms with E-state index in [1.165, 1.54) is 9.13 Å². The molecule has 1 spiro atoms. The highest BCUT2D eigenvalue weighted by atomic mass is 16.2. The monoisotopic (exact) mass is 524 g/mol. The van der Waals surface area contributed by atoms with E-state index < -0.39 is 5.54 Å². The zero-order valence-electron chi connectivity index (χ0n) is 21.7. The molecule has 2 aromatic carbocycles. The molecule has 1 aliphatic carbocycles. The molecular weight excluding hydrogens is 496 g/mol. The number of carbonyl (C=O) groups is 3. The minimum atomic E-state index is -0.938. The molecule has 0 saturated carbocycles. The number of nitrogens with one attached hydrogen (secondary N) is 2. The van der Waals surface area contributed by atoms with Crippen molar-refractivity contribution in [2.24, 2.45) is 5.92 Å². The molecule has 1 atom stereocenters. The zero-order valence-corrected chi connectivity index (χ0v) is 21.7. The highest BCUT2D eigenvalue weighted by Gasteiger charge is 2.55. The third-order valence-electron chi connectivity index (χ3n) is 7.42. The average Bonchev–Trinajstić information content (AvgIpc) is 3.50. The molecule has 10 heteroatoms. The first-order valence-electron chi connectivity index (χ1n) is 12.9. The van der Waals surface area contributed by atoms with Crippen LogP contribution in [0.25, 0.3) is 16.9 Å². The van der Waals surface area contributed by atoms with E-state index in [-0.39, 0.29) is 36.0 Å². The summed E-state index contributed by atoms with van der Waals surface area (Å²) in [5.74, 6) is 0.0537. The van der Waals surface area contributed by atoms with Crippen LogP contribution in [0.4, 0.5) is 10.5 Å². The molecule has 4 amide bonds. The lowest BCUT2D eigenvalue weighted by Gasteiger charge is -2.32. The van der Waals surface area contributed by atoms with Crippen LogP contribution in [0.5, 0.6) is 0 Å². The van der Waals surface area contributed by atoms with Gasteiger partial charge >= 0.3 is 11.7 Å². The summed E-state index contributed by atoms with van der Waals surface area (Å²) >= 11 is 0. The molecule has 6 rings (SSSR count). The first-order valence-corrected chi connectivity index (χ1v) is 12.9. The number of hydrogen-bond donors (Lipinski definition) is 2. The van der Waals surface area contributed by atoms with Crippen LogP contribution in [0.2, 0.25) is 0 Å². The van der Waals surface area contributed by atoms with E-state index in [2.05, 4.69) is 15.6 Å². The van der Waals surface area contributed by atoms with E-state index >= 15 is 0 Å². The van der Waals surface area contributed by atoms with Crippen molar-refractivity contribution in [2.45, 2.75) is 38.8 Å². The van der Waals surface area contributed by atoms with E-state index in [9.17, 15) is 19.2 Å². The lowest BCUT2D eigenvalue weighted by atomic mass is 9.93. The fourth-order valence-electron chi connectivity index (χ4n) is 5.72. The van der Waals surface area contributed by atoms with Gasteiger partial charge in [0.05, 0.1) is 11.0 Å². The molecule has 1 aliphatic heterocycles. The molecule has 10 nitrogen and oxygen atoms in total. The van der Waals surface area contributed by atoms with Gasteiger partial charge < -0.3 is 10.2 Å². The van der Waals surface area contributed by atoms with E-state index in [4.69, 9.17) is 0 Å². The molecule has 1 fully saturated rings. The number of amides is 4. The highest BCUT2D eigenvalue weighted by molar-refractivity contribution is 6.08. The summed E-state index contributed by atoms with van der Waals surface area (Å²) in [6, 6.07) is 17.8. The summed E-state index contributed by atoms with van der Waals surface area (Å²) in [7, 11) is 0. The number of fused-ring (bicyclic) bond motifs is 2. The van der Waals surface area contributed by atoms with Crippen LogP contribution in [0.3, 0.4) is 0 Å². The number of nitrogens with zero attached hydrogens (tertiary/aromatic N) is 4. The summed E-state index contributed by atoms with van der Waals surface area (Å²) in [5, 5.41) is 5.39. The lowest BCUT2D eigenvalue weighted by molar-refractivity contribution is -0.126. The van der Waals surface area contributed by atoms with Crippen LogP contribution >= 0.6 is 0 Å². The van der Waals surface area contributed by atoms with Crippen molar-refractivity contribution in [3.8, 4) is 5.82 Å². The maximum absolute atomic E-state index is 13.4. The van der Waals surface area contributed by atoms with Crippen molar-refractivity contribution in [2.75, 3.05) is 11.9 Å². The Morgan fingerprint density at radius 1 is 1.00 bits per heavy atom. The van der Waals surface area contributed by atoms with Crippen LogP contribution < -0.4 is 16.3 Å². The summed E-state index contributed by atoms with van der Waals surface area (Å²) in [6.45, 7) is 4.33. The Morgan fingerprint density at radius 2 is 1.74 bits per heavy atom. The Balaban J connectivity index is 1.25. The predicted molar refractivity (Wildman–Crippen MR) is 146 cm³/mol. The van der Waals surface area contributed by atoms with Gasteiger partial charge in [-0.05, 0) is 53.4 Å². The van der Waals surface area contributed by atoms with Gasteiger partial charge in [-0.25, -0.2) is 19.1 Å². The summed E-state index contributed by atoms with van der Waals surface area (Å²) in [4.78, 5) is 57.9. The fraction of sp³-hybridized carbons (Fsp3) is 0.276. The van der Waals surface area contributed by atoms with Crippen LogP contribution in [0, 0.1) is 5.92 Å². The second-order valence-corrected chi connectivity index (χ2v) is 10.6. The number of para-hydroxylation sites is 2. The molecule has 2 N–H and O–H groups in total. The predicted octanol–water partition coefficient (Wildman–Crippen LogP) is 2.87. The molecule has 198 valence electrons. The number of urea groups is 1. The molecule has 0 radical (unpaired) electrons. The maximum Gasteiger partial charge on any atom is 0.335 e. The molecule has 1 unspecified atom stereocenters. The van der Waals surface area contributed by atoms with E-state index in [1.54, 1.807) is 41.4 Å². The average molecular weight is 525 g/mol. The Kier molecular flexibility index (Phi) is 5.82. The van der Waals surface area contributed by atoms with Gasteiger partial charge in [0.1, 0.15) is 17.9 Å². The van der Waals surface area contributed by atoms with Gasteiger partial charge in [-0.15, -0.1) is 0 Å². The van der Waals surface area contributed by atoms with Gasteiger partial charge in [0.2, 0.25) is 5.91 Å². The van der Waals surface area contributed by atoms with E-state index in [0.29, 0.717) is 41.9 Å². The standard InChI is InChI=1S/C29H28N6O4/c1-18(2)16-34-27(38)32-26(37)29(34)14-19-10-11-21(13-20(19)15-29)31-25(36)17-33-22-7-3-4-8-23(22)35(28(33)39)24-9-5-6-12-30-24/h3-13,18H,14-17H2,1-2H3,(H,31,36)(H,32,37,38). The number of imidazole rings is 1. The van der Waals surface area contributed by atoms with Crippen LogP contribution in [0.15, 0.2) is 71.7 Å². The van der Waals surface area contributed by atoms with Gasteiger partial charge in [-0.1, -0.05) is 38.1 Å². The second-order valence-electron chi connectivity index (χ2n) is 10.6. The van der Waals surface area contributed by atoms with Crippen molar-refractivity contribution in [1.82, 2.24) is 24.3 Å². The van der Waals surface area contributed by atoms with E-state index in [0.717, 1.165) is 11.1 Å². The minimum absolute atomic E-state index is 0.181. The number of carbonyl (C=O) groups excluding carboxylic acids is 3. The molecule has 3 heterocycles. The number of hydrogen-bond acceptors (Lipinski definition) is 5. The number of imide groups is 1. The van der Waals surface area contributed by atoms with Gasteiger partial charge in [-0.3, -0.25) is 19.5 Å². The Bertz CT molecular complexity index is 1690. The minimum Gasteiger partial charge on any atom is -0.325 e. The topological polar surface area (TPSA) is 118 Å². The van der Waals surface area contributed by atoms with Crippen molar-refractivity contribution in [1.29, 1.82) is 0 Å². The normalized spacial score (nSPS) is 18.3. The van der Waals surface area contributed by atoms with E-state index in [1.807, 2.05) is 44.2 Å². The molecule has 4 aromatic rings. The molecule has 0 bridgehead atoms. The lowest BCUT2D eigenvalue weighted by Crippen LogP contribution is -2.51. The summed E-state index contributed by atoms with van der Waals surface area (Å²) < 4.78 is 2.92. The molecule has 2 aromatic heterocycles. The van der Waals surface area contributed by atoms with Crippen molar-refractivity contribution in [3.63, 3.8) is 0 Å². The SMILES string of the molecule is CC(C)CN1C(=O)NC(=O)C12Cc1ccc(NC(=O)Cn3c(=O)n(-c4ccccn4)c4ccccc43)cc1C2. The number of pyridine rings is 1. The Hall–Kier alpha value is -4.73. The van der Waals surface area contributed by atoms with Crippen molar-refractivity contribution >= 4 is 34.6 Å². The fourth-order valence-corrected chi connectivity index (χ4v) is 5.72. The summed E-state index contributed by atoms with van der Waals surface area (Å²) in [6.07, 6.45) is 2.43. The maximum atomic E-state index is 13.4. The molecular formula is C29H28N6O4. The Morgan fingerprint density at radius 3 is 2.49 bits per heavy atom. The molecule has 39 heavy (non-hydrogen) atoms. The zero-order chi connectivity index (χ0) is 27.3. The second kappa shape index (κ2) is 9.23. The first-order chi connectivity index (χ1) is 18.8. The highest BCUT2D eigenvalue weighted by Crippen LogP contribution is 2.39. The first kappa shape index (κ1) is 24.6. The van der Waals surface area contributed by atoms with Crippen LogP contribution in [0.1, 0.15) is 25.0 Å². The third kappa shape index (κ3) is 4.08. The summed E-state index contributed by atoms with van der Waals surface area (Å²) in [5.41, 5.74) is 2.44. The largest absolute Gasteiger partial charge is 0.335 e. The number of benzene rings is 2. The number of aromatic nitrogens is 3. The van der Waals surface area contributed by atoms with Crippen molar-refractivity contribution < 1.29 is 14.4 Å². The third-order valence-corrected chi connectivity index (χ3v) is 7.42. The van der Waals surface area contributed by atoms with Gasteiger partial charge in [0.15, 0.2) is 0 Å². The number of rotatable bonds is 6. The smallest absolute Gasteiger partial charge is 0.325 e.